The first kappa shape index (κ1) is 14.1. The van der Waals surface area contributed by atoms with Crippen molar-refractivity contribution in [3.05, 3.63) is 36.0 Å². The largest absolute Gasteiger partial charge is 0.361 e. The highest BCUT2D eigenvalue weighted by atomic mass is 32.3. The van der Waals surface area contributed by atoms with Gasteiger partial charge in [-0.25, -0.2) is 0 Å². The van der Waals surface area contributed by atoms with Gasteiger partial charge in [0.05, 0.1) is 5.75 Å². The van der Waals surface area contributed by atoms with Crippen molar-refractivity contribution in [2.24, 2.45) is 5.92 Å². The molecule has 1 saturated heterocycles. The van der Waals surface area contributed by atoms with Crippen molar-refractivity contribution in [3.8, 4) is 0 Å². The van der Waals surface area contributed by atoms with Gasteiger partial charge in [0.1, 0.15) is 0 Å². The van der Waals surface area contributed by atoms with Gasteiger partial charge in [0.15, 0.2) is 0 Å². The van der Waals surface area contributed by atoms with E-state index in [9.17, 15) is 17.1 Å². The fraction of sp³-hybridized carbons (Fsp3) is 0.357. The van der Waals surface area contributed by atoms with Crippen LogP contribution in [-0.2, 0) is 21.6 Å². The van der Waals surface area contributed by atoms with Gasteiger partial charge in [-0.3, -0.25) is 4.79 Å². The summed E-state index contributed by atoms with van der Waals surface area (Å²) in [6.45, 7) is 0.688. The molecule has 0 saturated carbocycles. The molecule has 1 N–H and O–H groups in total. The number of likely N-dealkylation sites (tertiary alicyclic amines) is 1. The van der Waals surface area contributed by atoms with Crippen molar-refractivity contribution in [1.29, 1.82) is 0 Å². The van der Waals surface area contributed by atoms with Gasteiger partial charge in [0.25, 0.3) is 0 Å². The summed E-state index contributed by atoms with van der Waals surface area (Å²) in [7, 11) is -4.54. The summed E-state index contributed by atoms with van der Waals surface area (Å²) in [5.74, 6) is -1.17. The zero-order valence-corrected chi connectivity index (χ0v) is 12.1. The van der Waals surface area contributed by atoms with Crippen molar-refractivity contribution < 1.29 is 17.1 Å². The van der Waals surface area contributed by atoms with Crippen LogP contribution >= 0.6 is 0 Å². The smallest absolute Gasteiger partial charge is 0.302 e. The van der Waals surface area contributed by atoms with E-state index >= 15 is 0 Å². The second kappa shape index (κ2) is 5.14. The van der Waals surface area contributed by atoms with Gasteiger partial charge in [0.2, 0.25) is 5.91 Å². The Morgan fingerprint density at radius 2 is 2.10 bits per heavy atom. The molecule has 1 aromatic heterocycles. The summed E-state index contributed by atoms with van der Waals surface area (Å²) in [6.07, 6.45) is 1.93. The minimum atomic E-state index is -4.54. The lowest BCUT2D eigenvalue weighted by Gasteiger charge is -2.15. The monoisotopic (exact) mass is 310 g/mol. The topological polar surface area (TPSA) is 70.2 Å². The molecular formula is C14H15FN2O3S. The molecule has 1 atom stereocenters. The Bertz CT molecular complexity index is 784. The summed E-state index contributed by atoms with van der Waals surface area (Å²) >= 11 is 0. The molecule has 112 valence electrons. The molecule has 7 heteroatoms. The zero-order valence-electron chi connectivity index (χ0n) is 11.3. The number of hydrogen-bond acceptors (Lipinski definition) is 3. The van der Waals surface area contributed by atoms with Crippen LogP contribution in [-0.4, -0.2) is 36.5 Å². The summed E-state index contributed by atoms with van der Waals surface area (Å²) in [5, 5.41) is 1.03. The fourth-order valence-corrected chi connectivity index (χ4v) is 3.65. The van der Waals surface area contributed by atoms with E-state index in [1.807, 2.05) is 30.5 Å². The number of para-hydroxylation sites is 1. The minimum Gasteiger partial charge on any atom is -0.361 e. The van der Waals surface area contributed by atoms with Gasteiger partial charge < -0.3 is 9.88 Å². The van der Waals surface area contributed by atoms with Crippen molar-refractivity contribution in [2.75, 3.05) is 12.3 Å². The number of aromatic amines is 1. The normalized spacial score (nSPS) is 19.6. The second-order valence-corrected chi connectivity index (χ2v) is 6.82. The molecule has 21 heavy (non-hydrogen) atoms. The second-order valence-electron chi connectivity index (χ2n) is 5.41. The van der Waals surface area contributed by atoms with E-state index in [0.29, 0.717) is 6.54 Å². The molecule has 5 nitrogen and oxygen atoms in total. The SMILES string of the molecule is O=C1CC(CS(=O)(=O)F)CN1Cc1c[nH]c2ccccc12. The Hall–Kier alpha value is -1.89. The highest BCUT2D eigenvalue weighted by molar-refractivity contribution is 7.86. The number of amides is 1. The van der Waals surface area contributed by atoms with Crippen LogP contribution in [0.3, 0.4) is 0 Å². The molecule has 1 aliphatic heterocycles. The first-order valence-electron chi connectivity index (χ1n) is 6.67. The maximum Gasteiger partial charge on any atom is 0.302 e. The molecule has 1 amide bonds. The Labute approximate surface area is 122 Å². The average Bonchev–Trinajstić information content (AvgIpc) is 2.93. The lowest BCUT2D eigenvalue weighted by atomic mass is 10.1. The molecule has 0 bridgehead atoms. The first-order valence-corrected chi connectivity index (χ1v) is 8.23. The molecular weight excluding hydrogens is 295 g/mol. The molecule has 1 unspecified atom stereocenters. The molecule has 3 rings (SSSR count). The molecule has 1 aliphatic rings. The maximum atomic E-state index is 12.7. The third-order valence-corrected chi connectivity index (χ3v) is 4.64. The minimum absolute atomic E-state index is 0.0888. The van der Waals surface area contributed by atoms with Crippen LogP contribution in [0.4, 0.5) is 3.89 Å². The van der Waals surface area contributed by atoms with Crippen LogP contribution < -0.4 is 0 Å². The predicted molar refractivity (Wildman–Crippen MR) is 76.7 cm³/mol. The number of rotatable bonds is 4. The number of fused-ring (bicyclic) bond motifs is 1. The van der Waals surface area contributed by atoms with Gasteiger partial charge in [-0.15, -0.1) is 3.89 Å². The average molecular weight is 310 g/mol. The van der Waals surface area contributed by atoms with Gasteiger partial charge in [-0.2, -0.15) is 8.42 Å². The summed E-state index contributed by atoms with van der Waals surface area (Å²) in [5.41, 5.74) is 1.96. The standard InChI is InChI=1S/C14H15FN2O3S/c15-21(19,20)9-10-5-14(18)17(7-10)8-11-6-16-13-4-2-1-3-12(11)13/h1-4,6,10,16H,5,7-9H2. The van der Waals surface area contributed by atoms with E-state index in [1.165, 1.54) is 0 Å². The number of benzene rings is 1. The highest BCUT2D eigenvalue weighted by Crippen LogP contribution is 2.25. The summed E-state index contributed by atoms with van der Waals surface area (Å²) < 4.78 is 34.1. The number of nitrogens with one attached hydrogen (secondary N) is 1. The summed E-state index contributed by atoms with van der Waals surface area (Å²) in [6, 6.07) is 7.75. The van der Waals surface area contributed by atoms with Crippen LogP contribution in [0.25, 0.3) is 10.9 Å². The molecule has 0 spiro atoms. The number of aromatic nitrogens is 1. The predicted octanol–water partition coefficient (Wildman–Crippen LogP) is 1.82. The van der Waals surface area contributed by atoms with Crippen molar-refractivity contribution >= 4 is 27.0 Å². The highest BCUT2D eigenvalue weighted by Gasteiger charge is 2.33. The zero-order chi connectivity index (χ0) is 15.0. The number of H-pyrrole nitrogens is 1. The number of hydrogen-bond donors (Lipinski definition) is 1. The maximum absolute atomic E-state index is 12.7. The number of carbonyl (C=O) groups is 1. The first-order chi connectivity index (χ1) is 9.92. The van der Waals surface area contributed by atoms with Crippen LogP contribution in [0.15, 0.2) is 30.5 Å². The van der Waals surface area contributed by atoms with Gasteiger partial charge in [0, 0.05) is 42.5 Å². The number of carbonyl (C=O) groups excluding carboxylic acids is 1. The number of nitrogens with zero attached hydrogens (tertiary/aromatic N) is 1. The van der Waals surface area contributed by atoms with E-state index in [0.717, 1.165) is 16.5 Å². The van der Waals surface area contributed by atoms with Crippen LogP contribution in [0.1, 0.15) is 12.0 Å². The molecule has 2 heterocycles. The quantitative estimate of drug-likeness (QED) is 0.876. The Morgan fingerprint density at radius 1 is 1.33 bits per heavy atom. The van der Waals surface area contributed by atoms with E-state index in [4.69, 9.17) is 0 Å². The van der Waals surface area contributed by atoms with Gasteiger partial charge in [-0.05, 0) is 11.6 Å². The van der Waals surface area contributed by atoms with Crippen molar-refractivity contribution in [1.82, 2.24) is 9.88 Å². The Morgan fingerprint density at radius 3 is 2.86 bits per heavy atom. The van der Waals surface area contributed by atoms with Gasteiger partial charge >= 0.3 is 10.2 Å². The van der Waals surface area contributed by atoms with Crippen LogP contribution in [0, 0.1) is 5.92 Å². The van der Waals surface area contributed by atoms with Crippen molar-refractivity contribution in [3.63, 3.8) is 0 Å². The lowest BCUT2D eigenvalue weighted by molar-refractivity contribution is -0.128. The molecule has 0 radical (unpaired) electrons. The lowest BCUT2D eigenvalue weighted by Crippen LogP contribution is -2.25. The fourth-order valence-electron chi connectivity index (χ4n) is 2.87. The van der Waals surface area contributed by atoms with Crippen LogP contribution in [0.2, 0.25) is 0 Å². The number of halogens is 1. The Balaban J connectivity index is 1.75. The molecule has 2 aromatic rings. The van der Waals surface area contributed by atoms with E-state index < -0.39 is 21.9 Å². The molecule has 1 aromatic carbocycles. The van der Waals surface area contributed by atoms with E-state index in [-0.39, 0.29) is 18.9 Å². The van der Waals surface area contributed by atoms with E-state index in [1.54, 1.807) is 4.90 Å². The summed E-state index contributed by atoms with van der Waals surface area (Å²) in [4.78, 5) is 16.7. The van der Waals surface area contributed by atoms with Crippen LogP contribution in [0.5, 0.6) is 0 Å². The van der Waals surface area contributed by atoms with Gasteiger partial charge in [-0.1, -0.05) is 18.2 Å². The van der Waals surface area contributed by atoms with E-state index in [2.05, 4.69) is 4.98 Å². The Kier molecular flexibility index (Phi) is 3.44. The van der Waals surface area contributed by atoms with Crippen molar-refractivity contribution in [2.45, 2.75) is 13.0 Å². The molecule has 1 fully saturated rings. The molecule has 0 aliphatic carbocycles. The third kappa shape index (κ3) is 3.07. The third-order valence-electron chi connectivity index (χ3n) is 3.77.